The Bertz CT molecular complexity index is 1150. The van der Waals surface area contributed by atoms with Gasteiger partial charge in [-0.25, -0.2) is 14.3 Å². The molecule has 1 amide bonds. The second-order valence-corrected chi connectivity index (χ2v) is 6.65. The maximum Gasteiger partial charge on any atom is 0.335 e. The van der Waals surface area contributed by atoms with Crippen molar-refractivity contribution in [2.24, 2.45) is 0 Å². The lowest BCUT2D eigenvalue weighted by atomic mass is 10.1. The maximum absolute atomic E-state index is 12.6. The monoisotopic (exact) mass is 397 g/mol. The topological polar surface area (TPSA) is 160 Å². The van der Waals surface area contributed by atoms with Crippen LogP contribution < -0.4 is 10.6 Å². The number of nitrogens with two attached hydrogens (primary N) is 1. The molecule has 1 saturated heterocycles. The van der Waals surface area contributed by atoms with E-state index in [0.717, 1.165) is 16.7 Å². The summed E-state index contributed by atoms with van der Waals surface area (Å²) in [6, 6.07) is 9.62. The van der Waals surface area contributed by atoms with Gasteiger partial charge >= 0.3 is 5.97 Å². The van der Waals surface area contributed by atoms with Crippen LogP contribution in [0.3, 0.4) is 0 Å². The smallest absolute Gasteiger partial charge is 0.335 e. The largest absolute Gasteiger partial charge is 0.478 e. The van der Waals surface area contributed by atoms with E-state index in [2.05, 4.69) is 14.9 Å². The van der Waals surface area contributed by atoms with E-state index >= 15 is 0 Å². The number of anilines is 2. The summed E-state index contributed by atoms with van der Waals surface area (Å²) in [7, 11) is 0. The Labute approximate surface area is 161 Å². The van der Waals surface area contributed by atoms with Crippen molar-refractivity contribution in [1.82, 2.24) is 10.3 Å². The Hall–Kier alpha value is -3.86. The molecule has 10 nitrogen and oxygen atoms in total. The van der Waals surface area contributed by atoms with Crippen LogP contribution in [-0.2, 0) is 4.79 Å². The highest BCUT2D eigenvalue weighted by Gasteiger charge is 2.37. The predicted octanol–water partition coefficient (Wildman–Crippen LogP) is 2.67. The number of carboxylic acids is 1. The van der Waals surface area contributed by atoms with E-state index < -0.39 is 11.9 Å². The summed E-state index contributed by atoms with van der Waals surface area (Å²) >= 11 is 0.913. The van der Waals surface area contributed by atoms with Gasteiger partial charge < -0.3 is 15.3 Å². The molecule has 4 rings (SSSR count). The normalized spacial score (nSPS) is 15.6. The van der Waals surface area contributed by atoms with Gasteiger partial charge in [0.2, 0.25) is 11.6 Å². The first-order chi connectivity index (χ1) is 13.4. The number of hydrogen-bond donors (Lipinski definition) is 3. The van der Waals surface area contributed by atoms with Crippen LogP contribution in [0, 0.1) is 5.41 Å². The zero-order valence-electron chi connectivity index (χ0n) is 13.9. The number of amides is 1. The van der Waals surface area contributed by atoms with Crippen LogP contribution in [0.25, 0.3) is 17.4 Å². The molecule has 0 radical (unpaired) electrons. The molecule has 28 heavy (non-hydrogen) atoms. The molecular formula is C17H11N5O5S. The standard InChI is InChI=1S/C17H11N5O5S/c18-13-14(21-27-20-13)22-15(23)12(28-17(22)19)7-10-4-5-11(26-10)8-2-1-3-9(6-8)16(24)25/h1-7,19H,(H2,18,20)(H,24,25)/b12-7-,19-17?. The fraction of sp³-hybridized carbons (Fsp3) is 0. The highest BCUT2D eigenvalue weighted by Crippen LogP contribution is 2.36. The Balaban J connectivity index is 1.62. The van der Waals surface area contributed by atoms with E-state index in [1.54, 1.807) is 24.3 Å². The van der Waals surface area contributed by atoms with E-state index in [-0.39, 0.29) is 27.3 Å². The molecule has 1 aliphatic heterocycles. The molecule has 0 unspecified atom stereocenters. The Morgan fingerprint density at radius 3 is 2.82 bits per heavy atom. The number of furan rings is 1. The third-order valence-corrected chi connectivity index (χ3v) is 4.71. The molecule has 0 aliphatic carbocycles. The molecule has 0 spiro atoms. The van der Waals surface area contributed by atoms with Crippen molar-refractivity contribution in [2.45, 2.75) is 0 Å². The minimum absolute atomic E-state index is 0.0449. The second-order valence-electron chi connectivity index (χ2n) is 5.62. The summed E-state index contributed by atoms with van der Waals surface area (Å²) in [5, 5.41) is 23.9. The lowest BCUT2D eigenvalue weighted by molar-refractivity contribution is -0.113. The SMILES string of the molecule is N=C1S/C(=C\c2ccc(-c3cccc(C(=O)O)c3)o2)C(=O)N1c1nonc1N. The molecular weight excluding hydrogens is 386 g/mol. The van der Waals surface area contributed by atoms with Crippen molar-refractivity contribution < 1.29 is 23.7 Å². The third kappa shape index (κ3) is 3.03. The van der Waals surface area contributed by atoms with E-state index in [9.17, 15) is 9.59 Å². The Morgan fingerprint density at radius 1 is 1.29 bits per heavy atom. The second kappa shape index (κ2) is 6.70. The summed E-state index contributed by atoms with van der Waals surface area (Å²) < 4.78 is 10.2. The molecule has 4 N–H and O–H groups in total. The number of nitrogen functional groups attached to an aromatic ring is 1. The van der Waals surface area contributed by atoms with Crippen LogP contribution in [0.15, 0.2) is 50.3 Å². The maximum atomic E-state index is 12.6. The highest BCUT2D eigenvalue weighted by atomic mass is 32.2. The highest BCUT2D eigenvalue weighted by molar-refractivity contribution is 8.19. The molecule has 1 aromatic carbocycles. The minimum atomic E-state index is -1.04. The minimum Gasteiger partial charge on any atom is -0.478 e. The summed E-state index contributed by atoms with van der Waals surface area (Å²) in [4.78, 5) is 24.9. The fourth-order valence-electron chi connectivity index (χ4n) is 2.55. The number of thioether (sulfide) groups is 1. The third-order valence-electron chi connectivity index (χ3n) is 3.83. The van der Waals surface area contributed by atoms with Gasteiger partial charge in [0.15, 0.2) is 5.17 Å². The lowest BCUT2D eigenvalue weighted by Crippen LogP contribution is -2.29. The molecule has 0 atom stereocenters. The molecule has 1 fully saturated rings. The van der Waals surface area contributed by atoms with E-state index in [1.165, 1.54) is 18.2 Å². The number of carbonyl (C=O) groups is 2. The van der Waals surface area contributed by atoms with Gasteiger partial charge in [-0.1, -0.05) is 12.1 Å². The predicted molar refractivity (Wildman–Crippen MR) is 101 cm³/mol. The molecule has 0 bridgehead atoms. The van der Waals surface area contributed by atoms with Crippen molar-refractivity contribution in [1.29, 1.82) is 5.41 Å². The first-order valence-electron chi connectivity index (χ1n) is 7.78. The summed E-state index contributed by atoms with van der Waals surface area (Å²) in [5.74, 6) is -0.878. The number of carbonyl (C=O) groups excluding carboxylic acids is 1. The Morgan fingerprint density at radius 2 is 2.11 bits per heavy atom. The molecule has 0 saturated carbocycles. The number of hydrogen-bond acceptors (Lipinski definition) is 9. The van der Waals surface area contributed by atoms with Crippen LogP contribution in [0.4, 0.5) is 11.6 Å². The van der Waals surface area contributed by atoms with Crippen molar-refractivity contribution in [3.8, 4) is 11.3 Å². The van der Waals surface area contributed by atoms with Gasteiger partial charge in [0, 0.05) is 11.6 Å². The molecule has 140 valence electrons. The average Bonchev–Trinajstić information content (AvgIpc) is 3.36. The fourth-order valence-corrected chi connectivity index (χ4v) is 3.37. The van der Waals surface area contributed by atoms with Gasteiger partial charge in [0.25, 0.3) is 5.91 Å². The van der Waals surface area contributed by atoms with Crippen LogP contribution in [0.2, 0.25) is 0 Å². The number of nitrogens with zero attached hydrogens (tertiary/aromatic N) is 3. The quantitative estimate of drug-likeness (QED) is 0.562. The lowest BCUT2D eigenvalue weighted by Gasteiger charge is -2.08. The summed E-state index contributed by atoms with van der Waals surface area (Å²) in [5.41, 5.74) is 6.32. The first-order valence-corrected chi connectivity index (χ1v) is 8.60. The number of amidine groups is 1. The number of carboxylic acid groups (broad SMARTS) is 1. The summed E-state index contributed by atoms with van der Waals surface area (Å²) in [6.45, 7) is 0. The number of aromatic nitrogens is 2. The zero-order valence-corrected chi connectivity index (χ0v) is 14.8. The van der Waals surface area contributed by atoms with Gasteiger partial charge in [-0.3, -0.25) is 10.2 Å². The number of benzene rings is 1. The van der Waals surface area contributed by atoms with E-state index in [4.69, 9.17) is 20.7 Å². The number of aromatic carboxylic acids is 1. The first kappa shape index (κ1) is 17.5. The van der Waals surface area contributed by atoms with Gasteiger partial charge in [-0.05, 0) is 46.3 Å². The van der Waals surface area contributed by atoms with Crippen molar-refractivity contribution >= 4 is 46.5 Å². The zero-order chi connectivity index (χ0) is 19.8. The van der Waals surface area contributed by atoms with Crippen LogP contribution in [0.1, 0.15) is 16.1 Å². The van der Waals surface area contributed by atoms with Crippen molar-refractivity contribution in [2.75, 3.05) is 10.6 Å². The van der Waals surface area contributed by atoms with Gasteiger partial charge in [0.1, 0.15) is 11.5 Å². The molecule has 1 aliphatic rings. The number of nitrogens with one attached hydrogen (secondary N) is 1. The van der Waals surface area contributed by atoms with Gasteiger partial charge in [0.05, 0.1) is 10.5 Å². The van der Waals surface area contributed by atoms with Gasteiger partial charge in [-0.15, -0.1) is 0 Å². The van der Waals surface area contributed by atoms with Crippen LogP contribution in [0.5, 0.6) is 0 Å². The van der Waals surface area contributed by atoms with Crippen LogP contribution >= 0.6 is 11.8 Å². The molecule has 11 heteroatoms. The molecule has 3 aromatic rings. The van der Waals surface area contributed by atoms with E-state index in [0.29, 0.717) is 17.1 Å². The van der Waals surface area contributed by atoms with Crippen LogP contribution in [-0.4, -0.2) is 32.5 Å². The Kier molecular flexibility index (Phi) is 4.20. The van der Waals surface area contributed by atoms with E-state index in [1.807, 2.05) is 0 Å². The van der Waals surface area contributed by atoms with Gasteiger partial charge in [-0.2, -0.15) is 0 Å². The molecule has 2 aromatic heterocycles. The molecule has 3 heterocycles. The number of rotatable bonds is 4. The summed E-state index contributed by atoms with van der Waals surface area (Å²) in [6.07, 6.45) is 1.48. The average molecular weight is 397 g/mol. The van der Waals surface area contributed by atoms with Crippen molar-refractivity contribution in [3.05, 3.63) is 52.6 Å². The van der Waals surface area contributed by atoms with Crippen molar-refractivity contribution in [3.63, 3.8) is 0 Å².